The number of halogens is 4. The van der Waals surface area contributed by atoms with Crippen LogP contribution in [0, 0.1) is 0 Å². The lowest BCUT2D eigenvalue weighted by atomic mass is 10.1. The van der Waals surface area contributed by atoms with Crippen molar-refractivity contribution >= 4 is 21.7 Å². The van der Waals surface area contributed by atoms with Gasteiger partial charge in [-0.2, -0.15) is 13.2 Å². The second kappa shape index (κ2) is 5.88. The highest BCUT2D eigenvalue weighted by Gasteiger charge is 2.35. The molecule has 2 unspecified atom stereocenters. The van der Waals surface area contributed by atoms with Crippen LogP contribution < -0.4 is 11.1 Å². The highest BCUT2D eigenvalue weighted by Crippen LogP contribution is 2.35. The van der Waals surface area contributed by atoms with E-state index in [0.717, 1.165) is 6.07 Å². The molecule has 0 aromatic carbocycles. The predicted octanol–water partition coefficient (Wildman–Crippen LogP) is 3.40. The van der Waals surface area contributed by atoms with Crippen LogP contribution >= 0.6 is 15.9 Å². The van der Waals surface area contributed by atoms with Gasteiger partial charge < -0.3 is 11.1 Å². The quantitative estimate of drug-likeness (QED) is 0.892. The summed E-state index contributed by atoms with van der Waals surface area (Å²) in [6, 6.07) is 0.741. The molecule has 3 nitrogen and oxygen atoms in total. The first-order chi connectivity index (χ1) is 8.20. The lowest BCUT2D eigenvalue weighted by molar-refractivity contribution is -0.137. The zero-order chi connectivity index (χ0) is 13.9. The number of alkyl halides is 3. The smallest absolute Gasteiger partial charge is 0.367 e. The van der Waals surface area contributed by atoms with E-state index < -0.39 is 11.7 Å². The normalized spacial score (nSPS) is 15.3. The fourth-order valence-corrected chi connectivity index (χ4v) is 1.95. The van der Waals surface area contributed by atoms with E-state index in [-0.39, 0.29) is 17.9 Å². The number of nitrogens with one attached hydrogen (secondary N) is 1. The summed E-state index contributed by atoms with van der Waals surface area (Å²) in [4.78, 5) is 3.77. The summed E-state index contributed by atoms with van der Waals surface area (Å²) in [5, 5.41) is 2.74. The summed E-state index contributed by atoms with van der Waals surface area (Å²) in [7, 11) is 0. The highest BCUT2D eigenvalue weighted by molar-refractivity contribution is 9.10. The van der Waals surface area contributed by atoms with Gasteiger partial charge in [-0.15, -0.1) is 0 Å². The average Bonchev–Trinajstić information content (AvgIpc) is 2.17. The Kier molecular flexibility index (Phi) is 4.98. The van der Waals surface area contributed by atoms with E-state index in [1.807, 2.05) is 0 Å². The Morgan fingerprint density at radius 1 is 1.44 bits per heavy atom. The number of aromatic nitrogens is 1. The van der Waals surface area contributed by atoms with E-state index in [2.05, 4.69) is 26.2 Å². The molecule has 0 radical (unpaired) electrons. The third kappa shape index (κ3) is 4.45. The van der Waals surface area contributed by atoms with Gasteiger partial charge in [-0.1, -0.05) is 0 Å². The molecular formula is C11H15BrF3N3. The molecule has 2 atom stereocenters. The predicted molar refractivity (Wildman–Crippen MR) is 68.3 cm³/mol. The van der Waals surface area contributed by atoms with Crippen molar-refractivity contribution in [3.63, 3.8) is 0 Å². The molecule has 1 rings (SSSR count). The minimum absolute atomic E-state index is 0.0858. The number of pyridine rings is 1. The van der Waals surface area contributed by atoms with Crippen molar-refractivity contribution in [3.05, 3.63) is 22.3 Å². The van der Waals surface area contributed by atoms with Crippen LogP contribution in [0.15, 0.2) is 16.7 Å². The molecule has 0 bridgehead atoms. The van der Waals surface area contributed by atoms with Gasteiger partial charge >= 0.3 is 6.18 Å². The Morgan fingerprint density at radius 2 is 2.06 bits per heavy atom. The molecule has 1 heterocycles. The van der Waals surface area contributed by atoms with Gasteiger partial charge in [0.1, 0.15) is 5.82 Å². The van der Waals surface area contributed by atoms with Crippen molar-refractivity contribution < 1.29 is 13.2 Å². The maximum Gasteiger partial charge on any atom is 0.419 e. The van der Waals surface area contributed by atoms with Gasteiger partial charge in [0.15, 0.2) is 0 Å². The number of hydrogen-bond acceptors (Lipinski definition) is 3. The lowest BCUT2D eigenvalue weighted by Gasteiger charge is -2.19. The van der Waals surface area contributed by atoms with Gasteiger partial charge in [0.05, 0.1) is 5.56 Å². The Morgan fingerprint density at radius 3 is 2.56 bits per heavy atom. The van der Waals surface area contributed by atoms with Crippen LogP contribution in [0.25, 0.3) is 0 Å². The van der Waals surface area contributed by atoms with Crippen LogP contribution in [0.1, 0.15) is 25.8 Å². The Labute approximate surface area is 112 Å². The molecule has 0 spiro atoms. The van der Waals surface area contributed by atoms with Crippen molar-refractivity contribution in [1.82, 2.24) is 4.98 Å². The summed E-state index contributed by atoms with van der Waals surface area (Å²) in [5.41, 5.74) is 4.82. The molecule has 0 aliphatic rings. The molecule has 0 saturated heterocycles. The first-order valence-corrected chi connectivity index (χ1v) is 6.24. The lowest BCUT2D eigenvalue weighted by Crippen LogP contribution is -2.27. The van der Waals surface area contributed by atoms with Crippen molar-refractivity contribution in [2.45, 2.75) is 38.5 Å². The third-order valence-electron chi connectivity index (χ3n) is 2.27. The summed E-state index contributed by atoms with van der Waals surface area (Å²) < 4.78 is 38.7. The largest absolute Gasteiger partial charge is 0.419 e. The van der Waals surface area contributed by atoms with Gasteiger partial charge in [0, 0.05) is 22.8 Å². The van der Waals surface area contributed by atoms with Crippen molar-refractivity contribution in [2.24, 2.45) is 5.73 Å². The fourth-order valence-electron chi connectivity index (χ4n) is 1.62. The summed E-state index contributed by atoms with van der Waals surface area (Å²) >= 11 is 2.99. The van der Waals surface area contributed by atoms with Crippen LogP contribution in [0.5, 0.6) is 0 Å². The topological polar surface area (TPSA) is 50.9 Å². The van der Waals surface area contributed by atoms with Crippen molar-refractivity contribution in [1.29, 1.82) is 0 Å². The summed E-state index contributed by atoms with van der Waals surface area (Å²) in [6.45, 7) is 3.57. The molecule has 102 valence electrons. The second-order valence-corrected chi connectivity index (χ2v) is 5.22. The molecule has 1 aromatic rings. The minimum Gasteiger partial charge on any atom is -0.367 e. The Bertz CT molecular complexity index is 407. The van der Waals surface area contributed by atoms with Crippen LogP contribution in [-0.4, -0.2) is 17.1 Å². The monoisotopic (exact) mass is 325 g/mol. The molecule has 0 aliphatic carbocycles. The van der Waals surface area contributed by atoms with Crippen LogP contribution in [0.3, 0.4) is 0 Å². The summed E-state index contributed by atoms with van der Waals surface area (Å²) in [5.74, 6) is -0.168. The number of anilines is 1. The van der Waals surface area contributed by atoms with E-state index in [1.54, 1.807) is 13.8 Å². The molecule has 0 aliphatic heterocycles. The van der Waals surface area contributed by atoms with E-state index in [0.29, 0.717) is 10.9 Å². The van der Waals surface area contributed by atoms with Crippen molar-refractivity contribution in [3.8, 4) is 0 Å². The standard InChI is InChI=1S/C11H15BrF3N3/c1-6(16)3-7(2)18-10-9(11(13,14)15)4-8(12)5-17-10/h4-7H,3,16H2,1-2H3,(H,17,18). The highest BCUT2D eigenvalue weighted by atomic mass is 79.9. The van der Waals surface area contributed by atoms with E-state index in [9.17, 15) is 13.2 Å². The molecule has 0 saturated carbocycles. The van der Waals surface area contributed by atoms with Gasteiger partial charge in [0.25, 0.3) is 0 Å². The number of rotatable bonds is 4. The fraction of sp³-hybridized carbons (Fsp3) is 0.545. The van der Waals surface area contributed by atoms with Gasteiger partial charge in [0.2, 0.25) is 0 Å². The van der Waals surface area contributed by atoms with Gasteiger partial charge in [-0.25, -0.2) is 4.98 Å². The van der Waals surface area contributed by atoms with E-state index in [1.165, 1.54) is 6.20 Å². The zero-order valence-corrected chi connectivity index (χ0v) is 11.6. The average molecular weight is 326 g/mol. The molecule has 0 fully saturated rings. The molecule has 0 amide bonds. The SMILES string of the molecule is CC(N)CC(C)Nc1ncc(Br)cc1C(F)(F)F. The van der Waals surface area contributed by atoms with Crippen LogP contribution in [-0.2, 0) is 6.18 Å². The van der Waals surface area contributed by atoms with Gasteiger partial charge in [-0.05, 0) is 42.3 Å². The van der Waals surface area contributed by atoms with E-state index >= 15 is 0 Å². The molecule has 7 heteroatoms. The van der Waals surface area contributed by atoms with Crippen LogP contribution in [0.4, 0.5) is 19.0 Å². The zero-order valence-electron chi connectivity index (χ0n) is 10.1. The summed E-state index contributed by atoms with van der Waals surface area (Å²) in [6.07, 6.45) is -2.54. The van der Waals surface area contributed by atoms with E-state index in [4.69, 9.17) is 5.73 Å². The second-order valence-electron chi connectivity index (χ2n) is 4.31. The number of nitrogens with two attached hydrogens (primary N) is 1. The number of hydrogen-bond donors (Lipinski definition) is 2. The first-order valence-electron chi connectivity index (χ1n) is 5.45. The first kappa shape index (κ1) is 15.2. The van der Waals surface area contributed by atoms with Gasteiger partial charge in [-0.3, -0.25) is 0 Å². The Hall–Kier alpha value is -0.820. The Balaban J connectivity index is 2.95. The molecule has 3 N–H and O–H groups in total. The van der Waals surface area contributed by atoms with Crippen molar-refractivity contribution in [2.75, 3.05) is 5.32 Å². The third-order valence-corrected chi connectivity index (χ3v) is 2.70. The molecular weight excluding hydrogens is 311 g/mol. The minimum atomic E-state index is -4.44. The molecule has 18 heavy (non-hydrogen) atoms. The maximum absolute atomic E-state index is 12.8. The molecule has 1 aromatic heterocycles. The van der Waals surface area contributed by atoms with Crippen LogP contribution in [0.2, 0.25) is 0 Å². The maximum atomic E-state index is 12.8. The number of nitrogens with zero attached hydrogens (tertiary/aromatic N) is 1.